The number of hydrogen-bond acceptors (Lipinski definition) is 8. The fourth-order valence-corrected chi connectivity index (χ4v) is 5.18. The SMILES string of the molecule is COc1cc(OC(=O)c2cccc([N+](=O)[O-])c2)ccc1-c1ccc2c(c1COc1cc(F)ccc1C)N(C)C(=O)C(C)(C)N2. The highest BCUT2D eigenvalue weighted by Gasteiger charge is 2.38. The maximum atomic E-state index is 14.1. The molecule has 0 aromatic heterocycles. The van der Waals surface area contributed by atoms with E-state index >= 15 is 0 Å². The minimum Gasteiger partial charge on any atom is -0.496 e. The number of nitrogens with zero attached hydrogens (tertiary/aromatic N) is 2. The normalized spacial score (nSPS) is 13.5. The summed E-state index contributed by atoms with van der Waals surface area (Å²) in [6.07, 6.45) is 0. The highest BCUT2D eigenvalue weighted by atomic mass is 19.1. The van der Waals surface area contributed by atoms with E-state index in [4.69, 9.17) is 14.2 Å². The van der Waals surface area contributed by atoms with Crippen LogP contribution in [0.5, 0.6) is 17.2 Å². The van der Waals surface area contributed by atoms with Gasteiger partial charge in [0, 0.05) is 42.4 Å². The Morgan fingerprint density at radius 1 is 1.02 bits per heavy atom. The smallest absolute Gasteiger partial charge is 0.343 e. The molecule has 0 spiro atoms. The average molecular weight is 600 g/mol. The van der Waals surface area contributed by atoms with Gasteiger partial charge in [-0.05, 0) is 62.2 Å². The largest absolute Gasteiger partial charge is 0.496 e. The Morgan fingerprint density at radius 3 is 2.50 bits per heavy atom. The Morgan fingerprint density at radius 2 is 1.77 bits per heavy atom. The second-order valence-corrected chi connectivity index (χ2v) is 10.9. The Kier molecular flexibility index (Phi) is 7.97. The molecule has 1 aliphatic heterocycles. The topological polar surface area (TPSA) is 120 Å². The lowest BCUT2D eigenvalue weighted by Gasteiger charge is -2.39. The lowest BCUT2D eigenvalue weighted by atomic mass is 9.91. The number of aryl methyl sites for hydroxylation is 1. The molecule has 1 aliphatic rings. The summed E-state index contributed by atoms with van der Waals surface area (Å²) >= 11 is 0. The first-order valence-corrected chi connectivity index (χ1v) is 13.7. The molecule has 1 heterocycles. The van der Waals surface area contributed by atoms with Crippen molar-refractivity contribution >= 4 is 28.9 Å². The number of likely N-dealkylation sites (N-methyl/N-ethyl adjacent to an activating group) is 1. The quantitative estimate of drug-likeness (QED) is 0.103. The molecule has 4 aromatic rings. The van der Waals surface area contributed by atoms with Crippen molar-refractivity contribution in [2.24, 2.45) is 0 Å². The third-order valence-electron chi connectivity index (χ3n) is 7.39. The van der Waals surface area contributed by atoms with Crippen LogP contribution in [0.25, 0.3) is 11.1 Å². The zero-order valence-corrected chi connectivity index (χ0v) is 24.8. The molecule has 0 bridgehead atoms. The molecule has 0 saturated heterocycles. The van der Waals surface area contributed by atoms with E-state index in [9.17, 15) is 24.1 Å². The number of nitro groups is 1. The summed E-state index contributed by atoms with van der Waals surface area (Å²) in [5.74, 6) is -0.485. The summed E-state index contributed by atoms with van der Waals surface area (Å²) in [5.41, 5.74) is 2.94. The van der Waals surface area contributed by atoms with Gasteiger partial charge in [-0.3, -0.25) is 14.9 Å². The fraction of sp³-hybridized carbons (Fsp3) is 0.212. The molecule has 11 heteroatoms. The summed E-state index contributed by atoms with van der Waals surface area (Å²) < 4.78 is 31.4. The Hall–Kier alpha value is -5.45. The summed E-state index contributed by atoms with van der Waals surface area (Å²) in [6, 6.07) is 18.1. The van der Waals surface area contributed by atoms with Gasteiger partial charge >= 0.3 is 5.97 Å². The molecule has 0 saturated carbocycles. The van der Waals surface area contributed by atoms with Crippen molar-refractivity contribution in [3.05, 3.63) is 105 Å². The molecule has 1 N–H and O–H groups in total. The number of carbonyl (C=O) groups excluding carboxylic acids is 2. The summed E-state index contributed by atoms with van der Waals surface area (Å²) in [7, 11) is 3.16. The highest BCUT2D eigenvalue weighted by Crippen LogP contribution is 2.45. The van der Waals surface area contributed by atoms with Crippen LogP contribution >= 0.6 is 0 Å². The number of anilines is 2. The maximum absolute atomic E-state index is 14.1. The molecule has 0 fully saturated rings. The van der Waals surface area contributed by atoms with Gasteiger partial charge in [-0.2, -0.15) is 0 Å². The number of ether oxygens (including phenoxy) is 3. The molecule has 1 amide bonds. The molecule has 10 nitrogen and oxygen atoms in total. The van der Waals surface area contributed by atoms with Gasteiger partial charge in [-0.25, -0.2) is 9.18 Å². The number of methoxy groups -OCH3 is 1. The number of esters is 1. The second kappa shape index (κ2) is 11.7. The number of nitrogens with one attached hydrogen (secondary N) is 1. The maximum Gasteiger partial charge on any atom is 0.343 e. The van der Waals surface area contributed by atoms with E-state index in [2.05, 4.69) is 5.32 Å². The molecule has 0 atom stereocenters. The van der Waals surface area contributed by atoms with Gasteiger partial charge in [0.05, 0.1) is 29.0 Å². The number of halogens is 1. The molecule has 0 radical (unpaired) electrons. The molecule has 226 valence electrons. The lowest BCUT2D eigenvalue weighted by molar-refractivity contribution is -0.384. The number of fused-ring (bicyclic) bond motifs is 1. The number of benzene rings is 4. The predicted octanol–water partition coefficient (Wildman–Crippen LogP) is 6.68. The van der Waals surface area contributed by atoms with E-state index in [0.717, 1.165) is 17.3 Å². The van der Waals surface area contributed by atoms with Crippen LogP contribution in [0.1, 0.15) is 35.3 Å². The zero-order valence-electron chi connectivity index (χ0n) is 24.8. The van der Waals surface area contributed by atoms with E-state index in [-0.39, 0.29) is 29.5 Å². The van der Waals surface area contributed by atoms with Gasteiger partial charge in [0.1, 0.15) is 35.2 Å². The summed E-state index contributed by atoms with van der Waals surface area (Å²) in [6.45, 7) is 5.40. The Balaban J connectivity index is 1.55. The van der Waals surface area contributed by atoms with E-state index in [0.29, 0.717) is 33.9 Å². The number of hydrogen-bond donors (Lipinski definition) is 1. The molecular weight excluding hydrogens is 569 g/mol. The number of rotatable bonds is 8. The predicted molar refractivity (Wildman–Crippen MR) is 163 cm³/mol. The van der Waals surface area contributed by atoms with E-state index in [1.54, 1.807) is 44.0 Å². The van der Waals surface area contributed by atoms with E-state index < -0.39 is 22.2 Å². The van der Waals surface area contributed by atoms with Crippen molar-refractivity contribution in [2.45, 2.75) is 32.9 Å². The summed E-state index contributed by atoms with van der Waals surface area (Å²) in [5, 5.41) is 14.4. The van der Waals surface area contributed by atoms with Gasteiger partial charge in [0.25, 0.3) is 11.6 Å². The molecular formula is C33H30FN3O7. The van der Waals surface area contributed by atoms with Gasteiger partial charge in [0.15, 0.2) is 0 Å². The van der Waals surface area contributed by atoms with Crippen molar-refractivity contribution in [1.29, 1.82) is 0 Å². The number of nitro benzene ring substituents is 1. The van der Waals surface area contributed by atoms with Crippen molar-refractivity contribution in [2.75, 3.05) is 24.4 Å². The minimum atomic E-state index is -0.844. The Bertz CT molecular complexity index is 1800. The first-order valence-electron chi connectivity index (χ1n) is 13.7. The Labute approximate surface area is 253 Å². The fourth-order valence-electron chi connectivity index (χ4n) is 5.18. The van der Waals surface area contributed by atoms with Crippen molar-refractivity contribution < 1.29 is 33.1 Å². The van der Waals surface area contributed by atoms with Gasteiger partial charge < -0.3 is 24.4 Å². The molecule has 5 rings (SSSR count). The highest BCUT2D eigenvalue weighted by molar-refractivity contribution is 6.08. The average Bonchev–Trinajstić information content (AvgIpc) is 3.00. The number of carbonyl (C=O) groups is 2. The van der Waals surface area contributed by atoms with Gasteiger partial charge in [-0.1, -0.05) is 18.2 Å². The first-order chi connectivity index (χ1) is 20.9. The van der Waals surface area contributed by atoms with Crippen molar-refractivity contribution in [1.82, 2.24) is 0 Å². The van der Waals surface area contributed by atoms with Crippen LogP contribution in [0, 0.1) is 22.9 Å². The zero-order chi connectivity index (χ0) is 31.8. The van der Waals surface area contributed by atoms with E-state index in [1.807, 2.05) is 19.1 Å². The van der Waals surface area contributed by atoms with Gasteiger partial charge in [0.2, 0.25) is 0 Å². The standard InChI is InChI=1S/C33H30FN3O7/c1-19-9-10-21(34)16-28(19)43-18-26-24(13-14-27-30(26)36(4)32(39)33(2,3)35-27)25-12-11-23(17-29(25)42-5)44-31(38)20-7-6-8-22(15-20)37(40)41/h6-17,35H,18H2,1-5H3. The molecule has 44 heavy (non-hydrogen) atoms. The second-order valence-electron chi connectivity index (χ2n) is 10.9. The van der Waals surface area contributed by atoms with Crippen LogP contribution in [-0.4, -0.2) is 36.5 Å². The molecule has 0 aliphatic carbocycles. The number of amides is 1. The number of non-ortho nitro benzene ring substituents is 1. The van der Waals surface area contributed by atoms with Crippen LogP contribution in [0.2, 0.25) is 0 Å². The third kappa shape index (κ3) is 5.76. The van der Waals surface area contributed by atoms with E-state index in [1.165, 1.54) is 43.5 Å². The first kappa shape index (κ1) is 30.0. The molecule has 4 aromatic carbocycles. The van der Waals surface area contributed by atoms with Crippen LogP contribution in [0.15, 0.2) is 72.8 Å². The van der Waals surface area contributed by atoms with Crippen LogP contribution in [0.4, 0.5) is 21.5 Å². The van der Waals surface area contributed by atoms with Crippen molar-refractivity contribution in [3.8, 4) is 28.4 Å². The minimum absolute atomic E-state index is 0.00475. The van der Waals surface area contributed by atoms with Crippen molar-refractivity contribution in [3.63, 3.8) is 0 Å². The third-order valence-corrected chi connectivity index (χ3v) is 7.39. The molecule has 0 unspecified atom stereocenters. The lowest BCUT2D eigenvalue weighted by Crippen LogP contribution is -2.52. The van der Waals surface area contributed by atoms with Crippen LogP contribution < -0.4 is 24.4 Å². The van der Waals surface area contributed by atoms with Crippen LogP contribution in [-0.2, 0) is 11.4 Å². The monoisotopic (exact) mass is 599 g/mol. The van der Waals surface area contributed by atoms with Gasteiger partial charge in [-0.15, -0.1) is 0 Å². The van der Waals surface area contributed by atoms with Crippen LogP contribution in [0.3, 0.4) is 0 Å². The summed E-state index contributed by atoms with van der Waals surface area (Å²) in [4.78, 5) is 38.2.